The predicted octanol–water partition coefficient (Wildman–Crippen LogP) is 3.38. The summed E-state index contributed by atoms with van der Waals surface area (Å²) < 4.78 is 7.26. The number of pyridine rings is 1. The van der Waals surface area contributed by atoms with Crippen molar-refractivity contribution in [3.05, 3.63) is 53.9 Å². The van der Waals surface area contributed by atoms with Crippen molar-refractivity contribution < 1.29 is 4.74 Å². The third-order valence-corrected chi connectivity index (χ3v) is 3.54. The van der Waals surface area contributed by atoms with E-state index in [1.807, 2.05) is 53.9 Å². The van der Waals surface area contributed by atoms with Crippen molar-refractivity contribution in [2.24, 2.45) is 0 Å². The molecule has 0 fully saturated rings. The molecule has 21 heavy (non-hydrogen) atoms. The van der Waals surface area contributed by atoms with Gasteiger partial charge in [0.05, 0.1) is 31.0 Å². The number of hydrogen-bond donors (Lipinski definition) is 0. The Balaban J connectivity index is 2.22. The molecule has 0 amide bonds. The molecule has 4 heteroatoms. The lowest BCUT2D eigenvalue weighted by Crippen LogP contribution is -1.94. The number of imidazole rings is 1. The van der Waals surface area contributed by atoms with Crippen LogP contribution in [0.15, 0.2) is 42.6 Å². The van der Waals surface area contributed by atoms with Gasteiger partial charge in [-0.15, -0.1) is 0 Å². The van der Waals surface area contributed by atoms with Crippen LogP contribution in [-0.4, -0.2) is 16.5 Å². The lowest BCUT2D eigenvalue weighted by molar-refractivity contribution is 0.412. The van der Waals surface area contributed by atoms with Gasteiger partial charge in [-0.2, -0.15) is 5.26 Å². The van der Waals surface area contributed by atoms with Gasteiger partial charge < -0.3 is 9.14 Å². The molecule has 104 valence electrons. The van der Waals surface area contributed by atoms with Crippen LogP contribution < -0.4 is 4.74 Å². The Labute approximate surface area is 123 Å². The minimum Gasteiger partial charge on any atom is -0.496 e. The van der Waals surface area contributed by atoms with E-state index in [9.17, 15) is 0 Å². The third kappa shape index (κ3) is 2.23. The first-order valence-electron chi connectivity index (χ1n) is 6.72. The van der Waals surface area contributed by atoms with E-state index in [2.05, 4.69) is 11.1 Å². The van der Waals surface area contributed by atoms with Gasteiger partial charge in [0.2, 0.25) is 0 Å². The minimum absolute atomic E-state index is 0.325. The van der Waals surface area contributed by atoms with Gasteiger partial charge in [0.1, 0.15) is 11.4 Å². The van der Waals surface area contributed by atoms with E-state index in [1.54, 1.807) is 7.11 Å². The summed E-state index contributed by atoms with van der Waals surface area (Å²) in [4.78, 5) is 4.67. The summed E-state index contributed by atoms with van der Waals surface area (Å²) in [7, 11) is 1.66. The Morgan fingerprint density at radius 1 is 1.29 bits per heavy atom. The number of aromatic nitrogens is 2. The number of hydrogen-bond acceptors (Lipinski definition) is 3. The molecule has 0 radical (unpaired) electrons. The fourth-order valence-electron chi connectivity index (χ4n) is 2.55. The Hall–Kier alpha value is -2.80. The van der Waals surface area contributed by atoms with Crippen LogP contribution in [0, 0.1) is 18.3 Å². The van der Waals surface area contributed by atoms with Gasteiger partial charge in [0.25, 0.3) is 0 Å². The first-order valence-corrected chi connectivity index (χ1v) is 6.72. The van der Waals surface area contributed by atoms with Gasteiger partial charge in [0, 0.05) is 11.8 Å². The molecule has 0 N–H and O–H groups in total. The molecule has 0 saturated carbocycles. The van der Waals surface area contributed by atoms with Crippen molar-refractivity contribution >= 4 is 5.65 Å². The fraction of sp³-hybridized carbons (Fsp3) is 0.176. The van der Waals surface area contributed by atoms with Gasteiger partial charge in [-0.05, 0) is 42.8 Å². The first-order chi connectivity index (χ1) is 10.2. The largest absolute Gasteiger partial charge is 0.496 e. The molecule has 2 aromatic heterocycles. The molecule has 0 aliphatic rings. The quantitative estimate of drug-likeness (QED) is 0.737. The van der Waals surface area contributed by atoms with Crippen molar-refractivity contribution in [1.82, 2.24) is 9.38 Å². The molecule has 1 aromatic carbocycles. The second kappa shape index (κ2) is 5.29. The maximum absolute atomic E-state index is 9.09. The summed E-state index contributed by atoms with van der Waals surface area (Å²) in [6.07, 6.45) is 2.26. The number of aryl methyl sites for hydroxylation is 1. The second-order valence-electron chi connectivity index (χ2n) is 4.86. The topological polar surface area (TPSA) is 50.3 Å². The zero-order valence-electron chi connectivity index (χ0n) is 12.0. The lowest BCUT2D eigenvalue weighted by Gasteiger charge is -2.07. The van der Waals surface area contributed by atoms with Crippen LogP contribution in [0.1, 0.15) is 11.3 Å². The molecule has 0 atom stereocenters. The van der Waals surface area contributed by atoms with Crippen LogP contribution in [0.5, 0.6) is 5.75 Å². The molecule has 4 nitrogen and oxygen atoms in total. The lowest BCUT2D eigenvalue weighted by atomic mass is 10.1. The fourth-order valence-corrected chi connectivity index (χ4v) is 2.55. The highest BCUT2D eigenvalue weighted by molar-refractivity contribution is 5.68. The summed E-state index contributed by atoms with van der Waals surface area (Å²) in [5.74, 6) is 0.851. The van der Waals surface area contributed by atoms with Crippen molar-refractivity contribution in [3.8, 4) is 23.1 Å². The maximum Gasteiger partial charge on any atom is 0.137 e. The summed E-state index contributed by atoms with van der Waals surface area (Å²) >= 11 is 0. The van der Waals surface area contributed by atoms with Crippen LogP contribution in [-0.2, 0) is 6.42 Å². The van der Waals surface area contributed by atoms with Crippen molar-refractivity contribution in [2.45, 2.75) is 13.3 Å². The Kier molecular flexibility index (Phi) is 3.33. The third-order valence-electron chi connectivity index (χ3n) is 3.54. The van der Waals surface area contributed by atoms with Crippen LogP contribution in [0.2, 0.25) is 0 Å². The molecule has 3 aromatic rings. The summed E-state index contributed by atoms with van der Waals surface area (Å²) in [5, 5.41) is 9.09. The average Bonchev–Trinajstić information content (AvgIpc) is 2.87. The summed E-state index contributed by atoms with van der Waals surface area (Å²) in [6.45, 7) is 2.00. The van der Waals surface area contributed by atoms with Crippen LogP contribution in [0.4, 0.5) is 0 Å². The van der Waals surface area contributed by atoms with E-state index in [0.29, 0.717) is 6.42 Å². The van der Waals surface area contributed by atoms with E-state index in [4.69, 9.17) is 10.00 Å². The second-order valence-corrected chi connectivity index (χ2v) is 4.86. The van der Waals surface area contributed by atoms with Crippen LogP contribution >= 0.6 is 0 Å². The molecule has 2 heterocycles. The minimum atomic E-state index is 0.325. The zero-order valence-corrected chi connectivity index (χ0v) is 12.0. The Morgan fingerprint density at radius 2 is 2.14 bits per heavy atom. The molecule has 0 saturated heterocycles. The number of nitriles is 1. The number of nitrogens with zero attached hydrogens (tertiary/aromatic N) is 3. The number of benzene rings is 1. The van der Waals surface area contributed by atoms with E-state index in [-0.39, 0.29) is 0 Å². The Bertz CT molecular complexity index is 843. The monoisotopic (exact) mass is 277 g/mol. The van der Waals surface area contributed by atoms with Crippen LogP contribution in [0.3, 0.4) is 0 Å². The molecular weight excluding hydrogens is 262 g/mol. The standard InChI is InChI=1S/C17H15N3O/c1-12-11-13(6-7-15(12)21-2)17-14(8-9-18)20-10-4-3-5-16(20)19-17/h3-7,10-11H,8H2,1-2H3. The zero-order chi connectivity index (χ0) is 14.8. The molecule has 0 aliphatic heterocycles. The number of rotatable bonds is 3. The Morgan fingerprint density at radius 3 is 2.86 bits per heavy atom. The van der Waals surface area contributed by atoms with E-state index < -0.39 is 0 Å². The number of fused-ring (bicyclic) bond motifs is 1. The molecule has 0 unspecified atom stereocenters. The van der Waals surface area contributed by atoms with Crippen LogP contribution in [0.25, 0.3) is 16.9 Å². The molecule has 3 rings (SSSR count). The maximum atomic E-state index is 9.09. The highest BCUT2D eigenvalue weighted by atomic mass is 16.5. The first kappa shape index (κ1) is 13.2. The number of methoxy groups -OCH3 is 1. The van der Waals surface area contributed by atoms with Crippen molar-refractivity contribution in [1.29, 1.82) is 5.26 Å². The van der Waals surface area contributed by atoms with Gasteiger partial charge in [-0.25, -0.2) is 4.98 Å². The highest BCUT2D eigenvalue weighted by Crippen LogP contribution is 2.29. The van der Waals surface area contributed by atoms with Gasteiger partial charge in [-0.1, -0.05) is 6.07 Å². The van der Waals surface area contributed by atoms with E-state index >= 15 is 0 Å². The van der Waals surface area contributed by atoms with Gasteiger partial charge in [-0.3, -0.25) is 0 Å². The van der Waals surface area contributed by atoms with Crippen molar-refractivity contribution in [3.63, 3.8) is 0 Å². The van der Waals surface area contributed by atoms with Crippen molar-refractivity contribution in [2.75, 3.05) is 7.11 Å². The predicted molar refractivity (Wildman–Crippen MR) is 81.2 cm³/mol. The summed E-state index contributed by atoms with van der Waals surface area (Å²) in [5.41, 5.74) is 4.68. The van der Waals surface area contributed by atoms with Gasteiger partial charge in [0.15, 0.2) is 0 Å². The molecule has 0 spiro atoms. The SMILES string of the molecule is COc1ccc(-c2nc3ccccn3c2CC#N)cc1C. The smallest absolute Gasteiger partial charge is 0.137 e. The van der Waals surface area contributed by atoms with E-state index in [0.717, 1.165) is 33.9 Å². The molecule has 0 bridgehead atoms. The van der Waals surface area contributed by atoms with E-state index in [1.165, 1.54) is 0 Å². The summed E-state index contributed by atoms with van der Waals surface area (Å²) in [6, 6.07) is 14.0. The molecule has 0 aliphatic carbocycles. The highest BCUT2D eigenvalue weighted by Gasteiger charge is 2.14. The normalized spacial score (nSPS) is 10.5. The average molecular weight is 277 g/mol. The molecular formula is C17H15N3O. The number of ether oxygens (including phenoxy) is 1. The van der Waals surface area contributed by atoms with Gasteiger partial charge >= 0.3 is 0 Å².